The van der Waals surface area contributed by atoms with Crippen molar-refractivity contribution in [2.45, 2.75) is 0 Å². The zero-order chi connectivity index (χ0) is 9.68. The highest BCUT2D eigenvalue weighted by Gasteiger charge is 1.96. The molecule has 1 heterocycles. The van der Waals surface area contributed by atoms with E-state index in [2.05, 4.69) is 10.3 Å². The molecule has 1 rings (SSSR count). The second-order valence-electron chi connectivity index (χ2n) is 2.41. The number of rotatable bonds is 4. The smallest absolute Gasteiger partial charge is 0.126 e. The predicted molar refractivity (Wildman–Crippen MR) is 54.6 cm³/mol. The van der Waals surface area contributed by atoms with Gasteiger partial charge in [0.2, 0.25) is 0 Å². The molecule has 0 aliphatic rings. The van der Waals surface area contributed by atoms with Crippen LogP contribution >= 0.6 is 12.2 Å². The van der Waals surface area contributed by atoms with E-state index in [0.717, 1.165) is 0 Å². The highest BCUT2D eigenvalue weighted by Crippen LogP contribution is 2.04. The van der Waals surface area contributed by atoms with Gasteiger partial charge in [0.05, 0.1) is 0 Å². The molecule has 0 bridgehead atoms. The third-order valence-corrected chi connectivity index (χ3v) is 1.68. The summed E-state index contributed by atoms with van der Waals surface area (Å²) in [6.07, 6.45) is 1.56. The van der Waals surface area contributed by atoms with Gasteiger partial charge in [0.25, 0.3) is 0 Å². The number of aromatic nitrogens is 1. The second kappa shape index (κ2) is 4.71. The van der Waals surface area contributed by atoms with Crippen molar-refractivity contribution in [3.05, 3.63) is 23.9 Å². The monoisotopic (exact) mass is 199 g/mol. The van der Waals surface area contributed by atoms with Crippen molar-refractivity contribution in [1.29, 1.82) is 0 Å². The molecule has 3 N–H and O–H groups in total. The van der Waals surface area contributed by atoms with E-state index < -0.39 is 6.67 Å². The number of anilines is 1. The van der Waals surface area contributed by atoms with Crippen LogP contribution in [0.4, 0.5) is 10.2 Å². The molecule has 13 heavy (non-hydrogen) atoms. The van der Waals surface area contributed by atoms with Gasteiger partial charge in [-0.2, -0.15) is 0 Å². The number of alkyl halides is 1. The first-order valence-electron chi connectivity index (χ1n) is 3.79. The molecule has 0 spiro atoms. The fourth-order valence-corrected chi connectivity index (χ4v) is 0.940. The van der Waals surface area contributed by atoms with Crippen molar-refractivity contribution in [3.63, 3.8) is 0 Å². The maximum Gasteiger partial charge on any atom is 0.126 e. The van der Waals surface area contributed by atoms with E-state index in [4.69, 9.17) is 18.0 Å². The van der Waals surface area contributed by atoms with Crippen molar-refractivity contribution < 1.29 is 4.39 Å². The number of halogens is 1. The normalized spacial score (nSPS) is 9.62. The lowest BCUT2D eigenvalue weighted by Gasteiger charge is -2.02. The minimum Gasteiger partial charge on any atom is -0.389 e. The predicted octanol–water partition coefficient (Wildman–Crippen LogP) is 1.10. The van der Waals surface area contributed by atoms with Crippen LogP contribution in [0, 0.1) is 0 Å². The molecule has 0 radical (unpaired) electrons. The molecule has 0 saturated heterocycles. The van der Waals surface area contributed by atoms with Crippen LogP contribution in [0.2, 0.25) is 0 Å². The molecule has 0 fully saturated rings. The van der Waals surface area contributed by atoms with Gasteiger partial charge in [-0.05, 0) is 12.1 Å². The summed E-state index contributed by atoms with van der Waals surface area (Å²) in [5, 5.41) is 2.79. The summed E-state index contributed by atoms with van der Waals surface area (Å²) in [6, 6.07) is 3.46. The summed E-state index contributed by atoms with van der Waals surface area (Å²) in [6.45, 7) is -0.155. The van der Waals surface area contributed by atoms with E-state index in [9.17, 15) is 4.39 Å². The van der Waals surface area contributed by atoms with Crippen molar-refractivity contribution in [2.24, 2.45) is 5.73 Å². The van der Waals surface area contributed by atoms with Gasteiger partial charge in [0.15, 0.2) is 0 Å². The van der Waals surface area contributed by atoms with Gasteiger partial charge in [-0.15, -0.1) is 0 Å². The van der Waals surface area contributed by atoms with E-state index in [1.807, 2.05) is 0 Å². The topological polar surface area (TPSA) is 50.9 Å². The van der Waals surface area contributed by atoms with Crippen molar-refractivity contribution in [1.82, 2.24) is 4.98 Å². The number of nitrogens with two attached hydrogens (primary N) is 1. The van der Waals surface area contributed by atoms with Gasteiger partial charge < -0.3 is 11.1 Å². The summed E-state index contributed by atoms with van der Waals surface area (Å²) in [7, 11) is 0. The van der Waals surface area contributed by atoms with Crippen LogP contribution in [0.25, 0.3) is 0 Å². The molecule has 5 heteroatoms. The van der Waals surface area contributed by atoms with Crippen LogP contribution in [0.1, 0.15) is 5.56 Å². The van der Waals surface area contributed by atoms with Crippen molar-refractivity contribution in [3.8, 4) is 0 Å². The molecule has 0 amide bonds. The molecule has 70 valence electrons. The Morgan fingerprint density at radius 3 is 2.85 bits per heavy atom. The highest BCUT2D eigenvalue weighted by molar-refractivity contribution is 7.80. The lowest BCUT2D eigenvalue weighted by molar-refractivity contribution is 0.512. The van der Waals surface area contributed by atoms with Crippen LogP contribution in [0.3, 0.4) is 0 Å². The first-order chi connectivity index (χ1) is 6.24. The molecule has 0 saturated carbocycles. The quantitative estimate of drug-likeness (QED) is 0.713. The van der Waals surface area contributed by atoms with Gasteiger partial charge in [0, 0.05) is 18.3 Å². The van der Waals surface area contributed by atoms with E-state index >= 15 is 0 Å². The summed E-state index contributed by atoms with van der Waals surface area (Å²) in [4.78, 5) is 4.30. The zero-order valence-electron chi connectivity index (χ0n) is 6.96. The summed E-state index contributed by atoms with van der Waals surface area (Å²) in [5.74, 6) is 0.623. The van der Waals surface area contributed by atoms with Gasteiger partial charge >= 0.3 is 0 Å². The minimum atomic E-state index is -0.418. The lowest BCUT2D eigenvalue weighted by Crippen LogP contribution is -2.10. The maximum absolute atomic E-state index is 11.8. The number of hydrogen-bond donors (Lipinski definition) is 2. The van der Waals surface area contributed by atoms with Gasteiger partial charge in [-0.3, -0.25) is 0 Å². The average molecular weight is 199 g/mol. The van der Waals surface area contributed by atoms with E-state index in [1.165, 1.54) is 0 Å². The molecule has 1 aromatic heterocycles. The molecule has 1 aromatic rings. The first kappa shape index (κ1) is 9.85. The third kappa shape index (κ3) is 2.95. The van der Waals surface area contributed by atoms with Crippen LogP contribution in [-0.2, 0) is 0 Å². The Morgan fingerprint density at radius 2 is 2.38 bits per heavy atom. The van der Waals surface area contributed by atoms with Gasteiger partial charge in [-0.1, -0.05) is 12.2 Å². The Labute approximate surface area is 81.2 Å². The van der Waals surface area contributed by atoms with Gasteiger partial charge in [-0.25, -0.2) is 9.37 Å². The number of nitrogens with one attached hydrogen (secondary N) is 1. The number of nitrogens with zero attached hydrogens (tertiary/aromatic N) is 1. The maximum atomic E-state index is 11.8. The largest absolute Gasteiger partial charge is 0.389 e. The Kier molecular flexibility index (Phi) is 3.57. The highest BCUT2D eigenvalue weighted by atomic mass is 32.1. The Hall–Kier alpha value is -1.23. The standard InChI is InChI=1S/C8H10FN3S/c9-3-4-11-7-2-1-6(5-12-7)8(10)13/h1-2,5H,3-4H2,(H2,10,13)(H,11,12). The number of thiocarbonyl (C=S) groups is 1. The third-order valence-electron chi connectivity index (χ3n) is 1.45. The van der Waals surface area contributed by atoms with E-state index in [1.54, 1.807) is 18.3 Å². The molecule has 0 aliphatic carbocycles. The summed E-state index contributed by atoms with van der Waals surface area (Å²) < 4.78 is 11.8. The first-order valence-corrected chi connectivity index (χ1v) is 4.20. The summed E-state index contributed by atoms with van der Waals surface area (Å²) in [5.41, 5.74) is 6.08. The van der Waals surface area contributed by atoms with Crippen LogP contribution in [0.15, 0.2) is 18.3 Å². The molecule has 0 aromatic carbocycles. The zero-order valence-corrected chi connectivity index (χ0v) is 7.77. The second-order valence-corrected chi connectivity index (χ2v) is 2.85. The molecular weight excluding hydrogens is 189 g/mol. The summed E-state index contributed by atoms with van der Waals surface area (Å²) >= 11 is 4.75. The van der Waals surface area contributed by atoms with E-state index in [-0.39, 0.29) is 6.54 Å². The molecule has 0 aliphatic heterocycles. The Balaban J connectivity index is 2.64. The number of pyridine rings is 1. The fraction of sp³-hybridized carbons (Fsp3) is 0.250. The van der Waals surface area contributed by atoms with Crippen LogP contribution in [0.5, 0.6) is 0 Å². The van der Waals surface area contributed by atoms with Crippen molar-refractivity contribution in [2.75, 3.05) is 18.5 Å². The Bertz CT molecular complexity index is 286. The van der Waals surface area contributed by atoms with Crippen LogP contribution < -0.4 is 11.1 Å². The average Bonchev–Trinajstić information content (AvgIpc) is 2.15. The molecule has 3 nitrogen and oxygen atoms in total. The SMILES string of the molecule is NC(=S)c1ccc(NCCF)nc1. The Morgan fingerprint density at radius 1 is 1.62 bits per heavy atom. The van der Waals surface area contributed by atoms with Crippen LogP contribution in [-0.4, -0.2) is 23.2 Å². The molecule has 0 atom stereocenters. The van der Waals surface area contributed by atoms with Gasteiger partial charge in [0.1, 0.15) is 17.5 Å². The van der Waals surface area contributed by atoms with Crippen molar-refractivity contribution >= 4 is 23.0 Å². The number of hydrogen-bond acceptors (Lipinski definition) is 3. The van der Waals surface area contributed by atoms with E-state index in [0.29, 0.717) is 16.4 Å². The minimum absolute atomic E-state index is 0.263. The molecular formula is C8H10FN3S. The molecule has 0 unspecified atom stereocenters. The lowest BCUT2D eigenvalue weighted by atomic mass is 10.3. The fourth-order valence-electron chi connectivity index (χ4n) is 0.820.